The molecule has 0 aliphatic carbocycles. The molecule has 2 aromatic carbocycles. The van der Waals surface area contributed by atoms with Gasteiger partial charge < -0.3 is 5.32 Å². The number of rotatable bonds is 4. The third-order valence-electron chi connectivity index (χ3n) is 3.15. The van der Waals surface area contributed by atoms with Crippen molar-refractivity contribution in [2.75, 3.05) is 7.05 Å². The summed E-state index contributed by atoms with van der Waals surface area (Å²) in [5.41, 5.74) is 1.40. The van der Waals surface area contributed by atoms with Crippen LogP contribution in [-0.2, 0) is 6.42 Å². The Kier molecular flexibility index (Phi) is 4.97. The lowest BCUT2D eigenvalue weighted by atomic mass is 9.99. The predicted molar refractivity (Wildman–Crippen MR) is 78.3 cm³/mol. The minimum atomic E-state index is -0.477. The molecule has 2 rings (SSSR count). The van der Waals surface area contributed by atoms with E-state index >= 15 is 0 Å². The Hall–Kier alpha value is -1.16. The quantitative estimate of drug-likeness (QED) is 0.856. The van der Waals surface area contributed by atoms with Crippen LogP contribution in [-0.4, -0.2) is 7.05 Å². The second kappa shape index (κ2) is 6.53. The van der Waals surface area contributed by atoms with Gasteiger partial charge in [0.1, 0.15) is 11.6 Å². The largest absolute Gasteiger partial charge is 0.313 e. The van der Waals surface area contributed by atoms with Crippen molar-refractivity contribution in [3.63, 3.8) is 0 Å². The zero-order valence-electron chi connectivity index (χ0n) is 10.8. The third kappa shape index (κ3) is 3.29. The Morgan fingerprint density at radius 2 is 1.85 bits per heavy atom. The van der Waals surface area contributed by atoms with Crippen LogP contribution in [0, 0.1) is 11.6 Å². The fourth-order valence-corrected chi connectivity index (χ4v) is 2.36. The maximum atomic E-state index is 13.5. The Morgan fingerprint density at radius 1 is 1.10 bits per heavy atom. The van der Waals surface area contributed by atoms with E-state index in [1.165, 1.54) is 18.2 Å². The van der Waals surface area contributed by atoms with E-state index in [0.717, 1.165) is 5.56 Å². The molecule has 0 heterocycles. The number of nitrogens with one attached hydrogen (secondary N) is 1. The SMILES string of the molecule is CNC(Cc1cccc(F)c1Cl)c1ccc(Cl)c(F)c1. The fourth-order valence-electron chi connectivity index (χ4n) is 2.04. The van der Waals surface area contributed by atoms with Crippen LogP contribution in [0.15, 0.2) is 36.4 Å². The summed E-state index contributed by atoms with van der Waals surface area (Å²) in [7, 11) is 1.75. The van der Waals surface area contributed by atoms with E-state index in [1.807, 2.05) is 0 Å². The van der Waals surface area contributed by atoms with Crippen molar-refractivity contribution >= 4 is 23.2 Å². The van der Waals surface area contributed by atoms with E-state index < -0.39 is 11.6 Å². The Morgan fingerprint density at radius 3 is 2.50 bits per heavy atom. The molecule has 0 amide bonds. The van der Waals surface area contributed by atoms with Crippen LogP contribution in [0.4, 0.5) is 8.78 Å². The Labute approximate surface area is 126 Å². The Balaban J connectivity index is 2.28. The van der Waals surface area contributed by atoms with Gasteiger partial charge in [-0.25, -0.2) is 8.78 Å². The summed E-state index contributed by atoms with van der Waals surface area (Å²) in [6.07, 6.45) is 0.453. The topological polar surface area (TPSA) is 12.0 Å². The molecule has 0 saturated carbocycles. The van der Waals surface area contributed by atoms with E-state index in [0.29, 0.717) is 12.0 Å². The fraction of sp³-hybridized carbons (Fsp3) is 0.200. The summed E-state index contributed by atoms with van der Waals surface area (Å²) in [4.78, 5) is 0. The number of halogens is 4. The van der Waals surface area contributed by atoms with Crippen LogP contribution in [0.2, 0.25) is 10.0 Å². The highest BCUT2D eigenvalue weighted by Crippen LogP contribution is 2.27. The van der Waals surface area contributed by atoms with E-state index in [4.69, 9.17) is 23.2 Å². The monoisotopic (exact) mass is 315 g/mol. The smallest absolute Gasteiger partial charge is 0.142 e. The van der Waals surface area contributed by atoms with Crippen LogP contribution in [0.5, 0.6) is 0 Å². The Bertz CT molecular complexity index is 617. The second-order valence-electron chi connectivity index (χ2n) is 4.43. The highest BCUT2D eigenvalue weighted by atomic mass is 35.5. The van der Waals surface area contributed by atoms with Gasteiger partial charge in [-0.2, -0.15) is 0 Å². The summed E-state index contributed by atoms with van der Waals surface area (Å²) in [5, 5.41) is 3.24. The maximum Gasteiger partial charge on any atom is 0.142 e. The van der Waals surface area contributed by atoms with Crippen molar-refractivity contribution in [1.82, 2.24) is 5.32 Å². The summed E-state index contributed by atoms with van der Waals surface area (Å²) < 4.78 is 26.9. The van der Waals surface area contributed by atoms with E-state index in [-0.39, 0.29) is 16.1 Å². The molecule has 0 aromatic heterocycles. The second-order valence-corrected chi connectivity index (χ2v) is 5.22. The molecule has 0 aliphatic rings. The molecular weight excluding hydrogens is 303 g/mol. The van der Waals surface area contributed by atoms with Gasteiger partial charge >= 0.3 is 0 Å². The molecule has 0 fully saturated rings. The first-order valence-corrected chi connectivity index (χ1v) is 6.83. The first-order valence-electron chi connectivity index (χ1n) is 6.08. The van der Waals surface area contributed by atoms with Gasteiger partial charge in [-0.05, 0) is 42.8 Å². The number of benzene rings is 2. The van der Waals surface area contributed by atoms with Crippen molar-refractivity contribution in [3.05, 3.63) is 69.2 Å². The molecule has 2 aromatic rings. The highest BCUT2D eigenvalue weighted by Gasteiger charge is 2.15. The molecule has 5 heteroatoms. The summed E-state index contributed by atoms with van der Waals surface area (Å²) in [6, 6.07) is 9.09. The molecule has 1 N–H and O–H groups in total. The van der Waals surface area contributed by atoms with Crippen LogP contribution in [0.25, 0.3) is 0 Å². The lowest BCUT2D eigenvalue weighted by Crippen LogP contribution is -2.19. The lowest BCUT2D eigenvalue weighted by Gasteiger charge is -2.18. The number of likely N-dealkylation sites (N-methyl/N-ethyl adjacent to an activating group) is 1. The van der Waals surface area contributed by atoms with Crippen LogP contribution >= 0.6 is 23.2 Å². The molecule has 0 saturated heterocycles. The summed E-state index contributed by atoms with van der Waals surface area (Å²) >= 11 is 11.6. The summed E-state index contributed by atoms with van der Waals surface area (Å²) in [6.45, 7) is 0. The van der Waals surface area contributed by atoms with Gasteiger partial charge in [0.15, 0.2) is 0 Å². The average Bonchev–Trinajstić information content (AvgIpc) is 2.44. The van der Waals surface area contributed by atoms with Crippen molar-refractivity contribution in [1.29, 1.82) is 0 Å². The highest BCUT2D eigenvalue weighted by molar-refractivity contribution is 6.31. The van der Waals surface area contributed by atoms with Crippen molar-refractivity contribution in [2.24, 2.45) is 0 Å². The molecule has 0 spiro atoms. The standard InChI is InChI=1S/C15H13Cl2F2N/c1-20-14(9-5-6-11(16)13(19)7-9)8-10-3-2-4-12(18)15(10)17/h2-7,14,20H,8H2,1H3. The lowest BCUT2D eigenvalue weighted by molar-refractivity contribution is 0.573. The predicted octanol–water partition coefficient (Wildman–Crippen LogP) is 4.77. The van der Waals surface area contributed by atoms with E-state index in [2.05, 4.69) is 5.32 Å². The molecule has 20 heavy (non-hydrogen) atoms. The van der Waals surface area contributed by atoms with Gasteiger partial charge in [-0.1, -0.05) is 41.4 Å². The minimum absolute atomic E-state index is 0.0763. The molecule has 0 bridgehead atoms. The van der Waals surface area contributed by atoms with Crippen LogP contribution in [0.1, 0.15) is 17.2 Å². The van der Waals surface area contributed by atoms with Gasteiger partial charge in [0.2, 0.25) is 0 Å². The zero-order chi connectivity index (χ0) is 14.7. The van der Waals surface area contributed by atoms with Gasteiger partial charge in [-0.3, -0.25) is 0 Å². The number of hydrogen-bond donors (Lipinski definition) is 1. The molecular formula is C15H13Cl2F2N. The van der Waals surface area contributed by atoms with Crippen molar-refractivity contribution < 1.29 is 8.78 Å². The first kappa shape index (κ1) is 15.2. The van der Waals surface area contributed by atoms with Gasteiger partial charge in [-0.15, -0.1) is 0 Å². The maximum absolute atomic E-state index is 13.5. The third-order valence-corrected chi connectivity index (χ3v) is 3.88. The molecule has 1 atom stereocenters. The van der Waals surface area contributed by atoms with E-state index in [1.54, 1.807) is 25.2 Å². The number of hydrogen-bond acceptors (Lipinski definition) is 1. The van der Waals surface area contributed by atoms with Gasteiger partial charge in [0.25, 0.3) is 0 Å². The van der Waals surface area contributed by atoms with Crippen molar-refractivity contribution in [3.8, 4) is 0 Å². The molecule has 1 nitrogen and oxygen atoms in total. The van der Waals surface area contributed by atoms with Crippen LogP contribution in [0.3, 0.4) is 0 Å². The van der Waals surface area contributed by atoms with Crippen LogP contribution < -0.4 is 5.32 Å². The van der Waals surface area contributed by atoms with E-state index in [9.17, 15) is 8.78 Å². The van der Waals surface area contributed by atoms with Crippen molar-refractivity contribution in [2.45, 2.75) is 12.5 Å². The molecule has 0 radical (unpaired) electrons. The molecule has 0 aliphatic heterocycles. The van der Waals surface area contributed by atoms with Gasteiger partial charge in [0.05, 0.1) is 10.0 Å². The first-order chi connectivity index (χ1) is 9.52. The summed E-state index contributed by atoms with van der Waals surface area (Å²) in [5.74, 6) is -0.934. The average molecular weight is 316 g/mol. The molecule has 106 valence electrons. The van der Waals surface area contributed by atoms with Gasteiger partial charge in [0, 0.05) is 6.04 Å². The molecule has 1 unspecified atom stereocenters. The normalized spacial score (nSPS) is 12.4. The zero-order valence-corrected chi connectivity index (χ0v) is 12.3. The minimum Gasteiger partial charge on any atom is -0.313 e.